The largest absolute Gasteiger partial charge is 0.397 e. The predicted octanol–water partition coefficient (Wildman–Crippen LogP) is 2.73. The second-order valence-corrected chi connectivity index (χ2v) is 4.72. The smallest absolute Gasteiger partial charge is 0.257 e. The molecule has 0 aliphatic heterocycles. The Kier molecular flexibility index (Phi) is 4.20. The van der Waals surface area contributed by atoms with Gasteiger partial charge in [0.1, 0.15) is 11.0 Å². The van der Waals surface area contributed by atoms with E-state index < -0.39 is 0 Å². The number of hydrogen-bond donors (Lipinski definition) is 1. The fourth-order valence-electron chi connectivity index (χ4n) is 1.77. The average Bonchev–Trinajstić information content (AvgIpc) is 2.43. The quantitative estimate of drug-likeness (QED) is 0.885. The summed E-state index contributed by atoms with van der Waals surface area (Å²) < 4.78 is 13.6. The molecule has 1 heterocycles. The van der Waals surface area contributed by atoms with Crippen LogP contribution >= 0.6 is 11.6 Å². The topological polar surface area (TPSA) is 59.2 Å². The normalized spacial score (nSPS) is 10.3. The van der Waals surface area contributed by atoms with Gasteiger partial charge in [0.2, 0.25) is 0 Å². The molecule has 4 nitrogen and oxygen atoms in total. The van der Waals surface area contributed by atoms with Crippen LogP contribution < -0.4 is 5.73 Å². The molecule has 1 amide bonds. The lowest BCUT2D eigenvalue weighted by molar-refractivity contribution is 0.0783. The Morgan fingerprint density at radius 3 is 2.85 bits per heavy atom. The van der Waals surface area contributed by atoms with Crippen LogP contribution in [0.2, 0.25) is 5.15 Å². The number of carbonyl (C=O) groups is 1. The molecule has 0 aliphatic carbocycles. The third-order valence-corrected chi connectivity index (χ3v) is 3.10. The van der Waals surface area contributed by atoms with Gasteiger partial charge in [0, 0.05) is 19.2 Å². The maximum atomic E-state index is 13.6. The van der Waals surface area contributed by atoms with Gasteiger partial charge >= 0.3 is 0 Å². The third kappa shape index (κ3) is 3.05. The molecule has 2 rings (SSSR count). The molecule has 0 fully saturated rings. The number of halogens is 2. The minimum atomic E-state index is -0.363. The molecule has 0 aliphatic rings. The Morgan fingerprint density at radius 2 is 2.15 bits per heavy atom. The summed E-state index contributed by atoms with van der Waals surface area (Å²) >= 11 is 5.88. The van der Waals surface area contributed by atoms with Crippen LogP contribution in [0.25, 0.3) is 0 Å². The van der Waals surface area contributed by atoms with Crippen LogP contribution in [0.1, 0.15) is 15.9 Å². The number of hydrogen-bond acceptors (Lipinski definition) is 3. The van der Waals surface area contributed by atoms with Gasteiger partial charge in [-0.3, -0.25) is 4.79 Å². The van der Waals surface area contributed by atoms with Gasteiger partial charge in [-0.1, -0.05) is 29.8 Å². The predicted molar refractivity (Wildman–Crippen MR) is 75.9 cm³/mol. The van der Waals surface area contributed by atoms with E-state index in [1.165, 1.54) is 23.2 Å². The van der Waals surface area contributed by atoms with E-state index in [0.717, 1.165) is 0 Å². The lowest BCUT2D eigenvalue weighted by atomic mass is 10.2. The molecule has 0 atom stereocenters. The molecule has 0 spiro atoms. The van der Waals surface area contributed by atoms with Crippen molar-refractivity contribution in [1.29, 1.82) is 0 Å². The van der Waals surface area contributed by atoms with Crippen molar-refractivity contribution >= 4 is 23.2 Å². The first-order chi connectivity index (χ1) is 9.49. The Morgan fingerprint density at radius 1 is 1.45 bits per heavy atom. The maximum absolute atomic E-state index is 13.6. The van der Waals surface area contributed by atoms with Crippen LogP contribution in [0.5, 0.6) is 0 Å². The highest BCUT2D eigenvalue weighted by atomic mass is 35.5. The summed E-state index contributed by atoms with van der Waals surface area (Å²) in [5.74, 6) is -0.720. The van der Waals surface area contributed by atoms with E-state index in [4.69, 9.17) is 17.3 Å². The van der Waals surface area contributed by atoms with Crippen LogP contribution in [-0.4, -0.2) is 22.8 Å². The minimum absolute atomic E-state index is 0.0737. The van der Waals surface area contributed by atoms with Crippen LogP contribution in [0, 0.1) is 5.82 Å². The van der Waals surface area contributed by atoms with Gasteiger partial charge in [0.15, 0.2) is 0 Å². The van der Waals surface area contributed by atoms with Gasteiger partial charge in [-0.05, 0) is 12.1 Å². The molecule has 0 bridgehead atoms. The number of pyridine rings is 1. The zero-order chi connectivity index (χ0) is 14.7. The first kappa shape index (κ1) is 14.3. The highest BCUT2D eigenvalue weighted by molar-refractivity contribution is 6.32. The van der Waals surface area contributed by atoms with Gasteiger partial charge in [-0.2, -0.15) is 0 Å². The van der Waals surface area contributed by atoms with Gasteiger partial charge in [0.25, 0.3) is 5.91 Å². The minimum Gasteiger partial charge on any atom is -0.397 e. The van der Waals surface area contributed by atoms with Crippen LogP contribution in [0.4, 0.5) is 10.1 Å². The first-order valence-electron chi connectivity index (χ1n) is 5.89. The molecule has 6 heteroatoms. The lowest BCUT2D eigenvalue weighted by Gasteiger charge is -2.18. The second-order valence-electron chi connectivity index (χ2n) is 4.36. The van der Waals surface area contributed by atoms with Crippen molar-refractivity contribution in [3.63, 3.8) is 0 Å². The zero-order valence-corrected chi connectivity index (χ0v) is 11.6. The van der Waals surface area contributed by atoms with Crippen molar-refractivity contribution in [1.82, 2.24) is 9.88 Å². The summed E-state index contributed by atoms with van der Waals surface area (Å²) in [5.41, 5.74) is 6.56. The van der Waals surface area contributed by atoms with E-state index in [2.05, 4.69) is 4.98 Å². The third-order valence-electron chi connectivity index (χ3n) is 2.80. The molecular formula is C14H13ClFN3O. The van der Waals surface area contributed by atoms with E-state index in [-0.39, 0.29) is 29.0 Å². The molecule has 0 radical (unpaired) electrons. The number of nitrogens with zero attached hydrogens (tertiary/aromatic N) is 2. The Labute approximate surface area is 121 Å². The molecule has 0 saturated heterocycles. The van der Waals surface area contributed by atoms with E-state index >= 15 is 0 Å². The zero-order valence-electron chi connectivity index (χ0n) is 10.8. The Bertz CT molecular complexity index is 648. The fourth-order valence-corrected chi connectivity index (χ4v) is 1.96. The standard InChI is InChI=1S/C14H13ClFN3O/c1-19(8-9-4-2-3-5-12(9)16)14(20)11-6-10(17)7-18-13(11)15/h2-7H,8,17H2,1H3. The monoisotopic (exact) mass is 293 g/mol. The number of benzene rings is 1. The van der Waals surface area contributed by atoms with Crippen molar-refractivity contribution in [2.45, 2.75) is 6.54 Å². The van der Waals surface area contributed by atoms with E-state index in [9.17, 15) is 9.18 Å². The molecule has 20 heavy (non-hydrogen) atoms. The first-order valence-corrected chi connectivity index (χ1v) is 6.26. The van der Waals surface area contributed by atoms with E-state index in [0.29, 0.717) is 11.3 Å². The van der Waals surface area contributed by atoms with Gasteiger partial charge in [0.05, 0.1) is 17.4 Å². The van der Waals surface area contributed by atoms with E-state index in [1.54, 1.807) is 25.2 Å². The Hall–Kier alpha value is -2.14. The van der Waals surface area contributed by atoms with Crippen molar-refractivity contribution in [2.24, 2.45) is 0 Å². The van der Waals surface area contributed by atoms with Gasteiger partial charge < -0.3 is 10.6 Å². The summed E-state index contributed by atoms with van der Waals surface area (Å²) in [7, 11) is 1.56. The van der Waals surface area contributed by atoms with Crippen LogP contribution in [0.15, 0.2) is 36.5 Å². The average molecular weight is 294 g/mol. The number of aromatic nitrogens is 1. The summed E-state index contributed by atoms with van der Waals surface area (Å²) in [4.78, 5) is 17.4. The van der Waals surface area contributed by atoms with Crippen LogP contribution in [0.3, 0.4) is 0 Å². The Balaban J connectivity index is 2.21. The van der Waals surface area contributed by atoms with Crippen molar-refractivity contribution in [2.75, 3.05) is 12.8 Å². The summed E-state index contributed by atoms with van der Waals surface area (Å²) in [6, 6.07) is 7.74. The van der Waals surface area contributed by atoms with E-state index in [1.807, 2.05) is 0 Å². The van der Waals surface area contributed by atoms with Crippen molar-refractivity contribution < 1.29 is 9.18 Å². The number of anilines is 1. The summed E-state index contributed by atoms with van der Waals surface area (Å²) in [6.07, 6.45) is 1.37. The molecule has 104 valence electrons. The molecule has 2 aromatic rings. The fraction of sp³-hybridized carbons (Fsp3) is 0.143. The highest BCUT2D eigenvalue weighted by Gasteiger charge is 2.17. The molecule has 1 aromatic heterocycles. The maximum Gasteiger partial charge on any atom is 0.257 e. The number of nitrogen functional groups attached to an aromatic ring is 1. The molecule has 0 saturated carbocycles. The lowest BCUT2D eigenvalue weighted by Crippen LogP contribution is -2.27. The van der Waals surface area contributed by atoms with Crippen molar-refractivity contribution in [3.05, 3.63) is 58.6 Å². The number of carbonyl (C=O) groups excluding carboxylic acids is 1. The van der Waals surface area contributed by atoms with Gasteiger partial charge in [-0.15, -0.1) is 0 Å². The second kappa shape index (κ2) is 5.88. The highest BCUT2D eigenvalue weighted by Crippen LogP contribution is 2.18. The number of nitrogens with two attached hydrogens (primary N) is 1. The number of amides is 1. The van der Waals surface area contributed by atoms with Gasteiger partial charge in [-0.25, -0.2) is 9.37 Å². The molecule has 1 aromatic carbocycles. The molecule has 2 N–H and O–H groups in total. The summed E-state index contributed by atoms with van der Waals surface area (Å²) in [5, 5.41) is 0.0737. The number of rotatable bonds is 3. The SMILES string of the molecule is CN(Cc1ccccc1F)C(=O)c1cc(N)cnc1Cl. The van der Waals surface area contributed by atoms with Crippen molar-refractivity contribution in [3.8, 4) is 0 Å². The molecular weight excluding hydrogens is 281 g/mol. The summed E-state index contributed by atoms with van der Waals surface area (Å²) in [6.45, 7) is 0.136. The molecule has 0 unspecified atom stereocenters. The van der Waals surface area contributed by atoms with Crippen LogP contribution in [-0.2, 0) is 6.54 Å².